The summed E-state index contributed by atoms with van der Waals surface area (Å²) in [6, 6.07) is 4.60. The van der Waals surface area contributed by atoms with Crippen LogP contribution in [-0.4, -0.2) is 23.0 Å². The molecule has 0 unspecified atom stereocenters. The number of nitrogens with one attached hydrogen (secondary N) is 1. The van der Waals surface area contributed by atoms with Crippen LogP contribution in [0.4, 0.5) is 5.95 Å². The third kappa shape index (κ3) is 2.78. The van der Waals surface area contributed by atoms with Crippen molar-refractivity contribution in [2.24, 2.45) is 0 Å². The lowest BCUT2D eigenvalue weighted by molar-refractivity contribution is 0.0996. The lowest BCUT2D eigenvalue weighted by Crippen LogP contribution is -2.14. The molecule has 0 atom stereocenters. The summed E-state index contributed by atoms with van der Waals surface area (Å²) in [6.07, 6.45) is 0. The molecular weight excluding hydrogens is 258 g/mol. The van der Waals surface area contributed by atoms with Crippen LogP contribution in [0, 0.1) is 6.92 Å². The molecule has 0 aliphatic rings. The molecule has 1 N–H and O–H groups in total. The summed E-state index contributed by atoms with van der Waals surface area (Å²) in [7, 11) is 1.49. The lowest BCUT2D eigenvalue weighted by atomic mass is 10.4. The van der Waals surface area contributed by atoms with Gasteiger partial charge in [-0.2, -0.15) is 4.98 Å². The topological polar surface area (TPSA) is 77.2 Å². The Labute approximate surface area is 108 Å². The largest absolute Gasteiger partial charge is 0.481 e. The van der Waals surface area contributed by atoms with Gasteiger partial charge in [-0.1, -0.05) is 0 Å². The van der Waals surface area contributed by atoms with Crippen molar-refractivity contribution in [1.29, 1.82) is 0 Å². The summed E-state index contributed by atoms with van der Waals surface area (Å²) in [5, 5.41) is 2.64. The van der Waals surface area contributed by atoms with Gasteiger partial charge in [0.2, 0.25) is 11.8 Å². The van der Waals surface area contributed by atoms with Crippen molar-refractivity contribution < 1.29 is 13.9 Å². The van der Waals surface area contributed by atoms with Gasteiger partial charge in [0.05, 0.1) is 7.11 Å². The third-order valence-electron chi connectivity index (χ3n) is 2.06. The first-order valence-electron chi connectivity index (χ1n) is 5.05. The van der Waals surface area contributed by atoms with Crippen molar-refractivity contribution in [3.05, 3.63) is 34.9 Å². The van der Waals surface area contributed by atoms with E-state index in [1.54, 1.807) is 13.0 Å². The Kier molecular flexibility index (Phi) is 3.47. The Hall–Kier alpha value is -2.08. The molecule has 2 aromatic rings. The van der Waals surface area contributed by atoms with E-state index >= 15 is 0 Å². The number of halogens is 1. The van der Waals surface area contributed by atoms with Gasteiger partial charge in [0.1, 0.15) is 0 Å². The van der Waals surface area contributed by atoms with Crippen LogP contribution in [0.5, 0.6) is 5.88 Å². The highest BCUT2D eigenvalue weighted by atomic mass is 35.5. The quantitative estimate of drug-likeness (QED) is 0.923. The van der Waals surface area contributed by atoms with Gasteiger partial charge < -0.3 is 9.15 Å². The second kappa shape index (κ2) is 5.05. The zero-order chi connectivity index (χ0) is 13.1. The summed E-state index contributed by atoms with van der Waals surface area (Å²) >= 11 is 5.58. The molecule has 94 valence electrons. The molecule has 0 aliphatic heterocycles. The second-order valence-electron chi connectivity index (χ2n) is 3.43. The van der Waals surface area contributed by atoms with E-state index in [1.165, 1.54) is 19.2 Å². The SMILES string of the molecule is COc1cc(C)nc(NC(=O)c2ccc(Cl)o2)n1. The number of ether oxygens (including phenoxy) is 1. The molecule has 0 aliphatic carbocycles. The minimum Gasteiger partial charge on any atom is -0.481 e. The second-order valence-corrected chi connectivity index (χ2v) is 3.81. The van der Waals surface area contributed by atoms with Gasteiger partial charge in [-0.05, 0) is 30.7 Å². The summed E-state index contributed by atoms with van der Waals surface area (Å²) < 4.78 is 9.95. The molecule has 0 saturated heterocycles. The van der Waals surface area contributed by atoms with Gasteiger partial charge in [0.25, 0.3) is 5.91 Å². The highest BCUT2D eigenvalue weighted by Gasteiger charge is 2.13. The number of hydrogen-bond acceptors (Lipinski definition) is 5. The van der Waals surface area contributed by atoms with E-state index < -0.39 is 5.91 Å². The van der Waals surface area contributed by atoms with Crippen molar-refractivity contribution in [3.63, 3.8) is 0 Å². The average Bonchev–Trinajstić information content (AvgIpc) is 2.75. The lowest BCUT2D eigenvalue weighted by Gasteiger charge is -2.05. The zero-order valence-electron chi connectivity index (χ0n) is 9.73. The van der Waals surface area contributed by atoms with E-state index in [0.29, 0.717) is 11.6 Å². The normalized spacial score (nSPS) is 10.2. The number of hydrogen-bond donors (Lipinski definition) is 1. The van der Waals surface area contributed by atoms with Gasteiger partial charge in [0.15, 0.2) is 11.0 Å². The Morgan fingerprint density at radius 3 is 2.83 bits per heavy atom. The van der Waals surface area contributed by atoms with Gasteiger partial charge in [0, 0.05) is 11.8 Å². The van der Waals surface area contributed by atoms with Crippen LogP contribution in [0.3, 0.4) is 0 Å². The number of carbonyl (C=O) groups is 1. The number of amides is 1. The Morgan fingerprint density at radius 1 is 1.44 bits per heavy atom. The molecule has 1 amide bonds. The zero-order valence-corrected chi connectivity index (χ0v) is 10.5. The van der Waals surface area contributed by atoms with E-state index in [1.807, 2.05) is 0 Å². The van der Waals surface area contributed by atoms with Gasteiger partial charge in [-0.3, -0.25) is 10.1 Å². The van der Waals surface area contributed by atoms with Gasteiger partial charge in [-0.25, -0.2) is 4.98 Å². The number of methoxy groups -OCH3 is 1. The molecule has 0 fully saturated rings. The molecule has 2 heterocycles. The monoisotopic (exact) mass is 267 g/mol. The number of anilines is 1. The molecule has 0 aromatic carbocycles. The smallest absolute Gasteiger partial charge is 0.293 e. The molecule has 2 rings (SSSR count). The van der Waals surface area contributed by atoms with Crippen molar-refractivity contribution in [1.82, 2.24) is 9.97 Å². The first-order valence-corrected chi connectivity index (χ1v) is 5.42. The van der Waals surface area contributed by atoms with Crippen LogP contribution >= 0.6 is 11.6 Å². The van der Waals surface area contributed by atoms with Gasteiger partial charge >= 0.3 is 0 Å². The van der Waals surface area contributed by atoms with Crippen LogP contribution in [0.15, 0.2) is 22.6 Å². The predicted octanol–water partition coefficient (Wildman–Crippen LogP) is 2.29. The van der Waals surface area contributed by atoms with Crippen molar-refractivity contribution >= 4 is 23.5 Å². The summed E-state index contributed by atoms with van der Waals surface area (Å²) in [6.45, 7) is 1.77. The molecule has 2 aromatic heterocycles. The fraction of sp³-hybridized carbons (Fsp3) is 0.182. The molecular formula is C11H10ClN3O3. The van der Waals surface area contributed by atoms with Crippen molar-refractivity contribution in [2.75, 3.05) is 12.4 Å². The van der Waals surface area contributed by atoms with Crippen LogP contribution in [0.25, 0.3) is 0 Å². The minimum absolute atomic E-state index is 0.0871. The van der Waals surface area contributed by atoms with Crippen LogP contribution in [0.1, 0.15) is 16.2 Å². The molecule has 0 saturated carbocycles. The highest BCUT2D eigenvalue weighted by Crippen LogP contribution is 2.15. The Balaban J connectivity index is 2.18. The number of aromatic nitrogens is 2. The van der Waals surface area contributed by atoms with Crippen LogP contribution in [-0.2, 0) is 0 Å². The van der Waals surface area contributed by atoms with E-state index in [9.17, 15) is 4.79 Å². The maximum Gasteiger partial charge on any atom is 0.293 e. The number of furan rings is 1. The Morgan fingerprint density at radius 2 is 2.22 bits per heavy atom. The molecule has 6 nitrogen and oxygen atoms in total. The summed E-state index contributed by atoms with van der Waals surface area (Å²) in [4.78, 5) is 19.8. The van der Waals surface area contributed by atoms with Crippen molar-refractivity contribution in [2.45, 2.75) is 6.92 Å². The maximum atomic E-state index is 11.8. The number of aryl methyl sites for hydroxylation is 1. The number of rotatable bonds is 3. The van der Waals surface area contributed by atoms with E-state index in [0.717, 1.165) is 0 Å². The average molecular weight is 268 g/mol. The summed E-state index contributed by atoms with van der Waals surface area (Å²) in [5.74, 6) is 0.123. The van der Waals surface area contributed by atoms with Gasteiger partial charge in [-0.15, -0.1) is 0 Å². The fourth-order valence-corrected chi connectivity index (χ4v) is 1.45. The number of nitrogens with zero attached hydrogens (tertiary/aromatic N) is 2. The van der Waals surface area contributed by atoms with Crippen molar-refractivity contribution in [3.8, 4) is 5.88 Å². The predicted molar refractivity (Wildman–Crippen MR) is 65.0 cm³/mol. The van der Waals surface area contributed by atoms with E-state index in [2.05, 4.69) is 15.3 Å². The van der Waals surface area contributed by atoms with Crippen LogP contribution < -0.4 is 10.1 Å². The first kappa shape index (κ1) is 12.4. The maximum absolute atomic E-state index is 11.8. The number of carbonyl (C=O) groups excluding carboxylic acids is 1. The third-order valence-corrected chi connectivity index (χ3v) is 2.27. The summed E-state index contributed by atoms with van der Waals surface area (Å²) in [5.41, 5.74) is 0.676. The van der Waals surface area contributed by atoms with E-state index in [4.69, 9.17) is 20.8 Å². The molecule has 18 heavy (non-hydrogen) atoms. The van der Waals surface area contributed by atoms with E-state index in [-0.39, 0.29) is 16.9 Å². The van der Waals surface area contributed by atoms with Crippen LogP contribution in [0.2, 0.25) is 5.22 Å². The molecule has 0 spiro atoms. The minimum atomic E-state index is -0.477. The first-order chi connectivity index (χ1) is 8.58. The Bertz CT molecular complexity index is 583. The molecule has 7 heteroatoms. The highest BCUT2D eigenvalue weighted by molar-refractivity contribution is 6.29. The molecule has 0 bridgehead atoms. The fourth-order valence-electron chi connectivity index (χ4n) is 1.30. The standard InChI is InChI=1S/C11H10ClN3O3/c1-6-5-9(17-2)14-11(13-6)15-10(16)7-3-4-8(12)18-7/h3-5H,1-2H3,(H,13,14,15,16). The molecule has 0 radical (unpaired) electrons.